The number of hydrogen-bond acceptors (Lipinski definition) is 3. The van der Waals surface area contributed by atoms with E-state index < -0.39 is 0 Å². The predicted molar refractivity (Wildman–Crippen MR) is 105 cm³/mol. The number of carbonyl (C=O) groups is 2. The van der Waals surface area contributed by atoms with Gasteiger partial charge in [-0.1, -0.05) is 13.0 Å². The van der Waals surface area contributed by atoms with Gasteiger partial charge < -0.3 is 15.2 Å². The lowest BCUT2D eigenvalue weighted by Gasteiger charge is -2.23. The molecule has 27 heavy (non-hydrogen) atoms. The molecule has 2 aromatic heterocycles. The number of amides is 2. The van der Waals surface area contributed by atoms with E-state index in [2.05, 4.69) is 34.0 Å². The Hall–Kier alpha value is -3.15. The molecule has 6 heteroatoms. The Balaban J connectivity index is 1.76. The number of rotatable bonds is 3. The molecule has 6 nitrogen and oxygen atoms in total. The van der Waals surface area contributed by atoms with Gasteiger partial charge >= 0.3 is 0 Å². The zero-order valence-corrected chi connectivity index (χ0v) is 15.4. The summed E-state index contributed by atoms with van der Waals surface area (Å²) in [7, 11) is 0. The number of carbonyl (C=O) groups excluding carboxylic acids is 2. The molecule has 0 spiro atoms. The van der Waals surface area contributed by atoms with Gasteiger partial charge in [0.25, 0.3) is 11.8 Å². The molecule has 0 saturated carbocycles. The van der Waals surface area contributed by atoms with Crippen molar-refractivity contribution in [2.45, 2.75) is 26.3 Å². The van der Waals surface area contributed by atoms with Gasteiger partial charge in [0, 0.05) is 35.2 Å². The fourth-order valence-electron chi connectivity index (χ4n) is 3.80. The summed E-state index contributed by atoms with van der Waals surface area (Å²) >= 11 is 0. The molecule has 2 amide bonds. The van der Waals surface area contributed by atoms with Crippen molar-refractivity contribution in [3.8, 4) is 0 Å². The highest BCUT2D eigenvalue weighted by atomic mass is 16.2. The minimum absolute atomic E-state index is 0.0599. The molecule has 1 aliphatic rings. The Bertz CT molecular complexity index is 1010. The number of aromatic nitrogens is 2. The zero-order chi connectivity index (χ0) is 19.0. The topological polar surface area (TPSA) is 76.0 Å². The van der Waals surface area contributed by atoms with Crippen LogP contribution < -0.4 is 10.6 Å². The van der Waals surface area contributed by atoms with Gasteiger partial charge in [0.15, 0.2) is 0 Å². The summed E-state index contributed by atoms with van der Waals surface area (Å²) < 4.78 is 2.08. The third kappa shape index (κ3) is 3.07. The van der Waals surface area contributed by atoms with Gasteiger partial charge in [-0.2, -0.15) is 0 Å². The summed E-state index contributed by atoms with van der Waals surface area (Å²) in [5.74, 6) is 0.0901. The minimum Gasteiger partial charge on any atom is -0.350 e. The molecule has 3 heterocycles. The Morgan fingerprint density at radius 1 is 1.33 bits per heavy atom. The first-order valence-corrected chi connectivity index (χ1v) is 9.23. The van der Waals surface area contributed by atoms with Crippen LogP contribution >= 0.6 is 0 Å². The van der Waals surface area contributed by atoms with Gasteiger partial charge in [-0.15, -0.1) is 0 Å². The molecule has 1 aromatic carbocycles. The maximum Gasteiger partial charge on any atom is 0.267 e. The summed E-state index contributed by atoms with van der Waals surface area (Å²) in [6, 6.07) is 11.2. The Morgan fingerprint density at radius 2 is 2.19 bits per heavy atom. The normalized spacial score (nSPS) is 19.3. The molecule has 2 unspecified atom stereocenters. The second-order valence-electron chi connectivity index (χ2n) is 6.99. The molecule has 1 aliphatic heterocycles. The first-order valence-electron chi connectivity index (χ1n) is 9.23. The maximum absolute atomic E-state index is 12.7. The third-order valence-corrected chi connectivity index (χ3v) is 5.39. The van der Waals surface area contributed by atoms with Crippen molar-refractivity contribution in [3.05, 3.63) is 60.0 Å². The van der Waals surface area contributed by atoms with E-state index in [1.54, 1.807) is 30.6 Å². The van der Waals surface area contributed by atoms with Crippen molar-refractivity contribution in [1.82, 2.24) is 14.9 Å². The summed E-state index contributed by atoms with van der Waals surface area (Å²) in [5.41, 5.74) is 2.76. The Kier molecular flexibility index (Phi) is 4.39. The van der Waals surface area contributed by atoms with Crippen LogP contribution in [0.25, 0.3) is 10.9 Å². The van der Waals surface area contributed by atoms with Gasteiger partial charge in [0.2, 0.25) is 0 Å². The van der Waals surface area contributed by atoms with Gasteiger partial charge in [0.1, 0.15) is 5.69 Å². The minimum atomic E-state index is -0.196. The summed E-state index contributed by atoms with van der Waals surface area (Å²) in [5, 5.41) is 6.83. The molecule has 3 aromatic rings. The first-order chi connectivity index (χ1) is 13.1. The van der Waals surface area contributed by atoms with Gasteiger partial charge in [-0.3, -0.25) is 14.6 Å². The quantitative estimate of drug-likeness (QED) is 0.747. The molecule has 0 aliphatic carbocycles. The van der Waals surface area contributed by atoms with Crippen molar-refractivity contribution in [1.29, 1.82) is 0 Å². The Labute approximate surface area is 157 Å². The number of pyridine rings is 1. The van der Waals surface area contributed by atoms with Crippen LogP contribution in [-0.2, 0) is 0 Å². The van der Waals surface area contributed by atoms with Crippen LogP contribution in [0.4, 0.5) is 5.69 Å². The molecule has 0 saturated heterocycles. The highest BCUT2D eigenvalue weighted by molar-refractivity contribution is 6.07. The van der Waals surface area contributed by atoms with E-state index in [1.165, 1.54) is 0 Å². The molecule has 2 atom stereocenters. The fraction of sp³-hybridized carbons (Fsp3) is 0.286. The number of fused-ring (bicyclic) bond motifs is 3. The standard InChI is InChI=1S/C21H22N4O2/c1-3-14-11-23-21(27)19-9-15-6-7-16(10-18(15)25(19)13(14)2)20(26)24-17-5-4-8-22-12-17/h4-10,12-14H,3,11H2,1-2H3,(H,23,27)(H,24,26). The van der Waals surface area contributed by atoms with Crippen molar-refractivity contribution in [2.75, 3.05) is 11.9 Å². The first kappa shape index (κ1) is 17.3. The van der Waals surface area contributed by atoms with E-state index >= 15 is 0 Å². The lowest BCUT2D eigenvalue weighted by atomic mass is 9.98. The maximum atomic E-state index is 12.7. The summed E-state index contributed by atoms with van der Waals surface area (Å²) in [6.07, 6.45) is 4.24. The lowest BCUT2D eigenvalue weighted by Crippen LogP contribution is -2.27. The molecule has 4 rings (SSSR count). The van der Waals surface area contributed by atoms with E-state index in [-0.39, 0.29) is 17.9 Å². The zero-order valence-electron chi connectivity index (χ0n) is 15.4. The largest absolute Gasteiger partial charge is 0.350 e. The molecule has 0 bridgehead atoms. The monoisotopic (exact) mass is 362 g/mol. The predicted octanol–water partition coefficient (Wildman–Crippen LogP) is 3.62. The molecule has 2 N–H and O–H groups in total. The lowest BCUT2D eigenvalue weighted by molar-refractivity contribution is 0.0947. The molecular formula is C21H22N4O2. The number of nitrogens with one attached hydrogen (secondary N) is 2. The smallest absolute Gasteiger partial charge is 0.267 e. The number of benzene rings is 1. The van der Waals surface area contributed by atoms with E-state index in [0.717, 1.165) is 17.3 Å². The van der Waals surface area contributed by atoms with Crippen LogP contribution in [0.2, 0.25) is 0 Å². The van der Waals surface area contributed by atoms with Crippen LogP contribution in [-0.4, -0.2) is 27.9 Å². The summed E-state index contributed by atoms with van der Waals surface area (Å²) in [6.45, 7) is 4.94. The van der Waals surface area contributed by atoms with E-state index in [1.807, 2.05) is 18.2 Å². The van der Waals surface area contributed by atoms with Gasteiger partial charge in [-0.05, 0) is 49.6 Å². The van der Waals surface area contributed by atoms with Gasteiger partial charge in [0.05, 0.1) is 11.9 Å². The number of anilines is 1. The molecule has 0 fully saturated rings. The highest BCUT2D eigenvalue weighted by Crippen LogP contribution is 2.32. The second kappa shape index (κ2) is 6.87. The van der Waals surface area contributed by atoms with Crippen LogP contribution in [0.5, 0.6) is 0 Å². The molecular weight excluding hydrogens is 340 g/mol. The van der Waals surface area contributed by atoms with Crippen molar-refractivity contribution in [2.24, 2.45) is 5.92 Å². The summed E-state index contributed by atoms with van der Waals surface area (Å²) in [4.78, 5) is 29.2. The van der Waals surface area contributed by atoms with E-state index in [0.29, 0.717) is 29.4 Å². The van der Waals surface area contributed by atoms with Crippen molar-refractivity contribution < 1.29 is 9.59 Å². The SMILES string of the molecule is CCC1CNC(=O)c2cc3ccc(C(=O)Nc4cccnc4)cc3n2C1C. The van der Waals surface area contributed by atoms with Crippen molar-refractivity contribution in [3.63, 3.8) is 0 Å². The van der Waals surface area contributed by atoms with E-state index in [4.69, 9.17) is 0 Å². The average molecular weight is 362 g/mol. The fourth-order valence-corrected chi connectivity index (χ4v) is 3.80. The van der Waals surface area contributed by atoms with Crippen LogP contribution in [0, 0.1) is 5.92 Å². The number of hydrogen-bond donors (Lipinski definition) is 2. The molecule has 0 radical (unpaired) electrons. The average Bonchev–Trinajstić information content (AvgIpc) is 3.02. The Morgan fingerprint density at radius 3 is 2.93 bits per heavy atom. The molecule has 138 valence electrons. The van der Waals surface area contributed by atoms with Crippen molar-refractivity contribution >= 4 is 28.4 Å². The second-order valence-corrected chi connectivity index (χ2v) is 6.99. The van der Waals surface area contributed by atoms with Crippen LogP contribution in [0.15, 0.2) is 48.8 Å². The van der Waals surface area contributed by atoms with E-state index in [9.17, 15) is 9.59 Å². The van der Waals surface area contributed by atoms with Crippen LogP contribution in [0.3, 0.4) is 0 Å². The van der Waals surface area contributed by atoms with Gasteiger partial charge in [-0.25, -0.2) is 0 Å². The number of nitrogens with zero attached hydrogens (tertiary/aromatic N) is 2. The highest BCUT2D eigenvalue weighted by Gasteiger charge is 2.28. The van der Waals surface area contributed by atoms with Crippen LogP contribution in [0.1, 0.15) is 47.2 Å². The third-order valence-electron chi connectivity index (χ3n) is 5.39.